The van der Waals surface area contributed by atoms with Crippen LogP contribution in [-0.4, -0.2) is 5.78 Å². The molecule has 0 N–H and O–H groups in total. The van der Waals surface area contributed by atoms with Crippen LogP contribution in [0.5, 0.6) is 0 Å². The molecule has 0 heterocycles. The lowest BCUT2D eigenvalue weighted by Crippen LogP contribution is -2.26. The summed E-state index contributed by atoms with van der Waals surface area (Å²) in [7, 11) is 0. The van der Waals surface area contributed by atoms with Gasteiger partial charge in [-0.1, -0.05) is 38.1 Å². The lowest BCUT2D eigenvalue weighted by Gasteiger charge is -2.25. The van der Waals surface area contributed by atoms with Crippen LogP contribution in [0.2, 0.25) is 0 Å². The Morgan fingerprint density at radius 2 is 2.00 bits per heavy atom. The standard InChI is InChI=1S/C13H16O/c1-9(2)11-8-7-10-5-3-4-6-12(10)13(11)14/h3-6,9,11H,7-8H2,1-2H3. The van der Waals surface area contributed by atoms with Gasteiger partial charge in [0.25, 0.3) is 0 Å². The first-order valence-electron chi connectivity index (χ1n) is 5.32. The number of hydrogen-bond acceptors (Lipinski definition) is 1. The molecule has 1 heteroatoms. The molecule has 0 spiro atoms. The molecule has 1 nitrogen and oxygen atoms in total. The zero-order valence-electron chi connectivity index (χ0n) is 8.79. The smallest absolute Gasteiger partial charge is 0.166 e. The highest BCUT2D eigenvalue weighted by molar-refractivity contribution is 6.00. The maximum Gasteiger partial charge on any atom is 0.166 e. The summed E-state index contributed by atoms with van der Waals surface area (Å²) in [6.07, 6.45) is 2.08. The number of rotatable bonds is 1. The Morgan fingerprint density at radius 1 is 1.29 bits per heavy atom. The average molecular weight is 188 g/mol. The van der Waals surface area contributed by atoms with Gasteiger partial charge in [-0.05, 0) is 24.3 Å². The predicted octanol–water partition coefficient (Wildman–Crippen LogP) is 3.09. The second-order valence-electron chi connectivity index (χ2n) is 4.41. The molecule has 1 atom stereocenters. The highest BCUT2D eigenvalue weighted by Gasteiger charge is 2.28. The van der Waals surface area contributed by atoms with Gasteiger partial charge in [-0.3, -0.25) is 4.79 Å². The molecular formula is C13H16O. The summed E-state index contributed by atoms with van der Waals surface area (Å²) in [5, 5.41) is 0. The monoisotopic (exact) mass is 188 g/mol. The number of carbonyl (C=O) groups is 1. The number of benzene rings is 1. The van der Waals surface area contributed by atoms with Crippen LogP contribution >= 0.6 is 0 Å². The Labute approximate surface area is 85.1 Å². The first-order chi connectivity index (χ1) is 6.70. The highest BCUT2D eigenvalue weighted by atomic mass is 16.1. The third-order valence-corrected chi connectivity index (χ3v) is 3.15. The van der Waals surface area contributed by atoms with E-state index in [0.717, 1.165) is 18.4 Å². The SMILES string of the molecule is CC(C)C1CCc2ccccc2C1=O. The van der Waals surface area contributed by atoms with Crippen LogP contribution in [0.3, 0.4) is 0 Å². The molecule has 2 rings (SSSR count). The largest absolute Gasteiger partial charge is 0.294 e. The molecule has 0 bridgehead atoms. The second-order valence-corrected chi connectivity index (χ2v) is 4.41. The Hall–Kier alpha value is -1.11. The number of Topliss-reactive ketones (excluding diaryl/α,β-unsaturated/α-hetero) is 1. The Balaban J connectivity index is 2.37. The van der Waals surface area contributed by atoms with Gasteiger partial charge in [0.1, 0.15) is 0 Å². The molecule has 1 aliphatic rings. The van der Waals surface area contributed by atoms with Crippen LogP contribution in [0.25, 0.3) is 0 Å². The van der Waals surface area contributed by atoms with Crippen molar-refractivity contribution < 1.29 is 4.79 Å². The minimum Gasteiger partial charge on any atom is -0.294 e. The van der Waals surface area contributed by atoms with Crippen molar-refractivity contribution in [2.75, 3.05) is 0 Å². The Morgan fingerprint density at radius 3 is 2.71 bits per heavy atom. The van der Waals surface area contributed by atoms with Gasteiger partial charge in [0.05, 0.1) is 0 Å². The fourth-order valence-corrected chi connectivity index (χ4v) is 2.26. The zero-order chi connectivity index (χ0) is 10.1. The summed E-state index contributed by atoms with van der Waals surface area (Å²) in [6, 6.07) is 8.01. The molecule has 1 aliphatic carbocycles. The number of aryl methyl sites for hydroxylation is 1. The summed E-state index contributed by atoms with van der Waals surface area (Å²) in [5.74, 6) is 1.06. The first kappa shape index (κ1) is 9.45. The van der Waals surface area contributed by atoms with Crippen molar-refractivity contribution in [2.45, 2.75) is 26.7 Å². The van der Waals surface area contributed by atoms with E-state index in [9.17, 15) is 4.79 Å². The predicted molar refractivity (Wildman–Crippen MR) is 57.4 cm³/mol. The van der Waals surface area contributed by atoms with Crippen molar-refractivity contribution in [1.29, 1.82) is 0 Å². The van der Waals surface area contributed by atoms with Crippen LogP contribution in [0, 0.1) is 11.8 Å². The van der Waals surface area contributed by atoms with E-state index < -0.39 is 0 Å². The van der Waals surface area contributed by atoms with Crippen molar-refractivity contribution in [3.05, 3.63) is 35.4 Å². The van der Waals surface area contributed by atoms with Gasteiger partial charge in [-0.15, -0.1) is 0 Å². The molecule has 74 valence electrons. The van der Waals surface area contributed by atoms with E-state index >= 15 is 0 Å². The van der Waals surface area contributed by atoms with Gasteiger partial charge >= 0.3 is 0 Å². The highest BCUT2D eigenvalue weighted by Crippen LogP contribution is 2.29. The topological polar surface area (TPSA) is 17.1 Å². The third kappa shape index (κ3) is 1.47. The average Bonchev–Trinajstić information content (AvgIpc) is 2.18. The number of fused-ring (bicyclic) bond motifs is 1. The van der Waals surface area contributed by atoms with Crippen molar-refractivity contribution in [1.82, 2.24) is 0 Å². The Bertz CT molecular complexity index is 352. The third-order valence-electron chi connectivity index (χ3n) is 3.15. The number of carbonyl (C=O) groups excluding carboxylic acids is 1. The molecule has 1 aromatic carbocycles. The maximum atomic E-state index is 12.1. The summed E-state index contributed by atoms with van der Waals surface area (Å²) < 4.78 is 0. The quantitative estimate of drug-likeness (QED) is 0.662. The van der Waals surface area contributed by atoms with E-state index in [-0.39, 0.29) is 5.92 Å². The van der Waals surface area contributed by atoms with E-state index in [4.69, 9.17) is 0 Å². The summed E-state index contributed by atoms with van der Waals surface area (Å²) in [5.41, 5.74) is 2.19. The van der Waals surface area contributed by atoms with Crippen LogP contribution in [0.15, 0.2) is 24.3 Å². The maximum absolute atomic E-state index is 12.1. The summed E-state index contributed by atoms with van der Waals surface area (Å²) in [6.45, 7) is 4.27. The van der Waals surface area contributed by atoms with E-state index in [1.54, 1.807) is 0 Å². The van der Waals surface area contributed by atoms with Crippen molar-refractivity contribution in [2.24, 2.45) is 11.8 Å². The molecule has 14 heavy (non-hydrogen) atoms. The molecule has 1 unspecified atom stereocenters. The van der Waals surface area contributed by atoms with Crippen molar-refractivity contribution in [3.63, 3.8) is 0 Å². The fraction of sp³-hybridized carbons (Fsp3) is 0.462. The molecule has 1 aromatic rings. The van der Waals surface area contributed by atoms with Crippen molar-refractivity contribution in [3.8, 4) is 0 Å². The number of ketones is 1. The van der Waals surface area contributed by atoms with Crippen LogP contribution in [0.1, 0.15) is 36.2 Å². The lowest BCUT2D eigenvalue weighted by molar-refractivity contribution is 0.0864. The van der Waals surface area contributed by atoms with Crippen LogP contribution < -0.4 is 0 Å². The molecule has 0 saturated heterocycles. The van der Waals surface area contributed by atoms with Gasteiger partial charge in [0, 0.05) is 11.5 Å². The van der Waals surface area contributed by atoms with Crippen LogP contribution in [0.4, 0.5) is 0 Å². The second kappa shape index (κ2) is 3.56. The van der Waals surface area contributed by atoms with E-state index in [1.165, 1.54) is 5.56 Å². The van der Waals surface area contributed by atoms with Crippen molar-refractivity contribution >= 4 is 5.78 Å². The normalized spacial score (nSPS) is 21.1. The first-order valence-corrected chi connectivity index (χ1v) is 5.32. The van der Waals surface area contributed by atoms with E-state index in [2.05, 4.69) is 19.9 Å². The molecule has 0 aromatic heterocycles. The van der Waals surface area contributed by atoms with Crippen LogP contribution in [-0.2, 0) is 6.42 Å². The molecule has 0 amide bonds. The molecular weight excluding hydrogens is 172 g/mol. The summed E-state index contributed by atoms with van der Waals surface area (Å²) >= 11 is 0. The van der Waals surface area contributed by atoms with Gasteiger partial charge in [0.2, 0.25) is 0 Å². The van der Waals surface area contributed by atoms with Gasteiger partial charge < -0.3 is 0 Å². The van der Waals surface area contributed by atoms with Gasteiger partial charge in [-0.25, -0.2) is 0 Å². The van der Waals surface area contributed by atoms with E-state index in [1.807, 2.05) is 18.2 Å². The molecule has 0 aliphatic heterocycles. The zero-order valence-corrected chi connectivity index (χ0v) is 8.79. The Kier molecular flexibility index (Phi) is 2.40. The molecule has 0 fully saturated rings. The lowest BCUT2D eigenvalue weighted by atomic mass is 9.77. The minimum absolute atomic E-state index is 0.241. The molecule has 0 radical (unpaired) electrons. The van der Waals surface area contributed by atoms with Gasteiger partial charge in [-0.2, -0.15) is 0 Å². The van der Waals surface area contributed by atoms with E-state index in [0.29, 0.717) is 11.7 Å². The fourth-order valence-electron chi connectivity index (χ4n) is 2.26. The molecule has 0 saturated carbocycles. The minimum atomic E-state index is 0.241. The number of hydrogen-bond donors (Lipinski definition) is 0. The van der Waals surface area contributed by atoms with Gasteiger partial charge in [0.15, 0.2) is 5.78 Å². The summed E-state index contributed by atoms with van der Waals surface area (Å²) in [4.78, 5) is 12.1.